The van der Waals surface area contributed by atoms with Gasteiger partial charge in [0.15, 0.2) is 0 Å². The van der Waals surface area contributed by atoms with Crippen molar-refractivity contribution in [3.63, 3.8) is 0 Å². The van der Waals surface area contributed by atoms with Crippen LogP contribution in [0.25, 0.3) is 0 Å². The molecular formula is C7H9ClN2O. The lowest BCUT2D eigenvalue weighted by Crippen LogP contribution is -2.12. The Morgan fingerprint density at radius 2 is 2.27 bits per heavy atom. The predicted octanol–water partition coefficient (Wildman–Crippen LogP) is 0.529. The molecular weight excluding hydrogens is 164 g/mol. The second kappa shape index (κ2) is 3.55. The van der Waals surface area contributed by atoms with Gasteiger partial charge in [0.2, 0.25) is 0 Å². The third-order valence-electron chi connectivity index (χ3n) is 1.34. The Kier molecular flexibility index (Phi) is 2.68. The van der Waals surface area contributed by atoms with Crippen LogP contribution in [0.15, 0.2) is 16.9 Å². The van der Waals surface area contributed by atoms with Gasteiger partial charge in [-0.2, -0.15) is 0 Å². The summed E-state index contributed by atoms with van der Waals surface area (Å²) in [5.41, 5.74) is 5.86. The highest BCUT2D eigenvalue weighted by molar-refractivity contribution is 6.30. The summed E-state index contributed by atoms with van der Waals surface area (Å²) >= 11 is 5.51. The van der Waals surface area contributed by atoms with E-state index in [9.17, 15) is 4.79 Å². The van der Waals surface area contributed by atoms with E-state index in [-0.39, 0.29) is 10.6 Å². The molecule has 3 nitrogen and oxygen atoms in total. The molecule has 0 saturated heterocycles. The van der Waals surface area contributed by atoms with Crippen molar-refractivity contribution in [2.24, 2.45) is 5.73 Å². The molecule has 0 aliphatic rings. The van der Waals surface area contributed by atoms with E-state index in [1.165, 1.54) is 0 Å². The number of hydrogen-bond donors (Lipinski definition) is 2. The molecule has 60 valence electrons. The number of nitrogens with one attached hydrogen (secondary N) is 1. The minimum absolute atomic E-state index is 0.214. The van der Waals surface area contributed by atoms with Crippen LogP contribution in [-0.2, 0) is 6.42 Å². The minimum Gasteiger partial charge on any atom is -0.330 e. The Hall–Kier alpha value is -0.800. The van der Waals surface area contributed by atoms with Gasteiger partial charge in [0.05, 0.1) is 0 Å². The van der Waals surface area contributed by atoms with Crippen molar-refractivity contribution in [1.29, 1.82) is 0 Å². The summed E-state index contributed by atoms with van der Waals surface area (Å²) in [5.74, 6) is 0. The molecule has 1 heterocycles. The Balaban J connectivity index is 2.96. The topological polar surface area (TPSA) is 58.9 Å². The van der Waals surface area contributed by atoms with Gasteiger partial charge in [0, 0.05) is 5.69 Å². The monoisotopic (exact) mass is 172 g/mol. The van der Waals surface area contributed by atoms with Crippen molar-refractivity contribution in [1.82, 2.24) is 4.98 Å². The van der Waals surface area contributed by atoms with E-state index in [0.717, 1.165) is 5.69 Å². The summed E-state index contributed by atoms with van der Waals surface area (Å²) in [6.45, 7) is 0.525. The third kappa shape index (κ3) is 2.06. The highest BCUT2D eigenvalue weighted by atomic mass is 35.5. The first kappa shape index (κ1) is 8.30. The lowest BCUT2D eigenvalue weighted by Gasteiger charge is -1.96. The molecule has 4 heteroatoms. The van der Waals surface area contributed by atoms with Crippen LogP contribution in [0.5, 0.6) is 0 Å². The number of nitrogens with two attached hydrogens (primary N) is 1. The molecule has 0 aliphatic carbocycles. The molecule has 0 aliphatic heterocycles. The summed E-state index contributed by atoms with van der Waals surface area (Å²) < 4.78 is 0. The molecule has 3 N–H and O–H groups in total. The van der Waals surface area contributed by atoms with Crippen molar-refractivity contribution in [2.45, 2.75) is 6.42 Å². The molecule has 0 bridgehead atoms. The Bertz CT molecular complexity index is 295. The molecule has 1 aromatic rings. The zero-order valence-electron chi connectivity index (χ0n) is 5.93. The van der Waals surface area contributed by atoms with Gasteiger partial charge in [-0.1, -0.05) is 11.6 Å². The molecule has 1 aromatic heterocycles. The highest BCUT2D eigenvalue weighted by Gasteiger charge is 1.95. The summed E-state index contributed by atoms with van der Waals surface area (Å²) in [6, 6.07) is 3.34. The van der Waals surface area contributed by atoms with Gasteiger partial charge in [-0.3, -0.25) is 4.79 Å². The number of aromatic amines is 1. The Labute approximate surface area is 69.2 Å². The SMILES string of the molecule is NCCc1ccc(Cl)c(=O)[nH]1. The van der Waals surface area contributed by atoms with Crippen molar-refractivity contribution in [3.8, 4) is 0 Å². The summed E-state index contributed by atoms with van der Waals surface area (Å²) in [7, 11) is 0. The van der Waals surface area contributed by atoms with Crippen molar-refractivity contribution >= 4 is 11.6 Å². The van der Waals surface area contributed by atoms with Gasteiger partial charge in [0.25, 0.3) is 5.56 Å². The van der Waals surface area contributed by atoms with E-state index in [1.54, 1.807) is 12.1 Å². The van der Waals surface area contributed by atoms with Crippen LogP contribution in [0.3, 0.4) is 0 Å². The van der Waals surface area contributed by atoms with Crippen LogP contribution in [0.1, 0.15) is 5.69 Å². The van der Waals surface area contributed by atoms with Gasteiger partial charge >= 0.3 is 0 Å². The maximum atomic E-state index is 10.9. The summed E-state index contributed by atoms with van der Waals surface area (Å²) in [6.07, 6.45) is 0.673. The number of hydrogen-bond acceptors (Lipinski definition) is 2. The average Bonchev–Trinajstić information content (AvgIpc) is 1.98. The predicted molar refractivity (Wildman–Crippen MR) is 44.8 cm³/mol. The maximum absolute atomic E-state index is 10.9. The van der Waals surface area contributed by atoms with Crippen LogP contribution < -0.4 is 11.3 Å². The van der Waals surface area contributed by atoms with Crippen molar-refractivity contribution < 1.29 is 0 Å². The Morgan fingerprint density at radius 1 is 1.55 bits per heavy atom. The first-order valence-electron chi connectivity index (χ1n) is 3.32. The highest BCUT2D eigenvalue weighted by Crippen LogP contribution is 2.00. The Morgan fingerprint density at radius 3 is 2.82 bits per heavy atom. The van der Waals surface area contributed by atoms with Gasteiger partial charge in [-0.15, -0.1) is 0 Å². The number of pyridine rings is 1. The quantitative estimate of drug-likeness (QED) is 0.684. The van der Waals surface area contributed by atoms with Gasteiger partial charge in [-0.25, -0.2) is 0 Å². The number of H-pyrrole nitrogens is 1. The molecule has 0 unspecified atom stereocenters. The average molecular weight is 173 g/mol. The molecule has 11 heavy (non-hydrogen) atoms. The fourth-order valence-electron chi connectivity index (χ4n) is 0.798. The number of halogens is 1. The van der Waals surface area contributed by atoms with Crippen molar-refractivity contribution in [2.75, 3.05) is 6.54 Å². The fourth-order valence-corrected chi connectivity index (χ4v) is 0.908. The van der Waals surface area contributed by atoms with E-state index in [1.807, 2.05) is 0 Å². The molecule has 0 radical (unpaired) electrons. The van der Waals surface area contributed by atoms with E-state index < -0.39 is 0 Å². The fraction of sp³-hybridized carbons (Fsp3) is 0.286. The summed E-state index contributed by atoms with van der Waals surface area (Å²) in [5, 5.41) is 0.214. The lowest BCUT2D eigenvalue weighted by atomic mass is 10.3. The van der Waals surface area contributed by atoms with Gasteiger partial charge in [-0.05, 0) is 25.1 Å². The van der Waals surface area contributed by atoms with Crippen LogP contribution in [0.2, 0.25) is 5.02 Å². The maximum Gasteiger partial charge on any atom is 0.266 e. The largest absolute Gasteiger partial charge is 0.330 e. The first-order chi connectivity index (χ1) is 5.24. The standard InChI is InChI=1S/C7H9ClN2O/c8-6-2-1-5(3-4-9)10-7(6)11/h1-2H,3-4,9H2,(H,10,11). The molecule has 0 spiro atoms. The van der Waals surface area contributed by atoms with Crippen LogP contribution in [-0.4, -0.2) is 11.5 Å². The third-order valence-corrected chi connectivity index (χ3v) is 1.63. The first-order valence-corrected chi connectivity index (χ1v) is 3.69. The van der Waals surface area contributed by atoms with E-state index in [4.69, 9.17) is 17.3 Å². The van der Waals surface area contributed by atoms with Crippen molar-refractivity contribution in [3.05, 3.63) is 33.2 Å². The van der Waals surface area contributed by atoms with E-state index in [2.05, 4.69) is 4.98 Å². The number of aromatic nitrogens is 1. The molecule has 1 rings (SSSR count). The van der Waals surface area contributed by atoms with Crippen LogP contribution in [0.4, 0.5) is 0 Å². The van der Waals surface area contributed by atoms with Crippen LogP contribution >= 0.6 is 11.6 Å². The van der Waals surface area contributed by atoms with Gasteiger partial charge < -0.3 is 10.7 Å². The van der Waals surface area contributed by atoms with Gasteiger partial charge in [0.1, 0.15) is 5.02 Å². The van der Waals surface area contributed by atoms with Crippen LogP contribution in [0, 0.1) is 0 Å². The number of rotatable bonds is 2. The van der Waals surface area contributed by atoms with E-state index in [0.29, 0.717) is 13.0 Å². The summed E-state index contributed by atoms with van der Waals surface area (Å²) in [4.78, 5) is 13.5. The zero-order chi connectivity index (χ0) is 8.27. The molecule has 0 saturated carbocycles. The smallest absolute Gasteiger partial charge is 0.266 e. The van der Waals surface area contributed by atoms with E-state index >= 15 is 0 Å². The molecule has 0 amide bonds. The molecule has 0 atom stereocenters. The minimum atomic E-state index is -0.252. The second-order valence-electron chi connectivity index (χ2n) is 2.20. The normalized spacial score (nSPS) is 10.0. The lowest BCUT2D eigenvalue weighted by molar-refractivity contribution is 0.914. The molecule has 0 aromatic carbocycles. The molecule has 0 fully saturated rings. The second-order valence-corrected chi connectivity index (χ2v) is 2.61. The zero-order valence-corrected chi connectivity index (χ0v) is 6.69.